The predicted octanol–water partition coefficient (Wildman–Crippen LogP) is 3.21. The Morgan fingerprint density at radius 3 is 2.46 bits per heavy atom. The van der Waals surface area contributed by atoms with E-state index in [0.29, 0.717) is 5.69 Å². The van der Waals surface area contributed by atoms with E-state index in [2.05, 4.69) is 9.98 Å². The topological polar surface area (TPSA) is 47.2 Å². The van der Waals surface area contributed by atoms with Crippen LogP contribution < -0.4 is 5.49 Å². The van der Waals surface area contributed by atoms with Crippen LogP contribution in [0.1, 0.15) is 5.69 Å². The van der Waals surface area contributed by atoms with Gasteiger partial charge in [0.25, 0.3) is 0 Å². The maximum absolute atomic E-state index is 13.0. The average Bonchev–Trinajstić information content (AvgIpc) is 2.48. The van der Waals surface area contributed by atoms with Crippen LogP contribution in [0.2, 0.25) is 5.15 Å². The maximum Gasteiger partial charge on any atom is 0.463 e. The van der Waals surface area contributed by atoms with Crippen molar-refractivity contribution in [1.82, 2.24) is 9.55 Å². The highest BCUT2D eigenvalue weighted by molar-refractivity contribution is 6.29. The number of hydrogen-bond donors (Lipinski definition) is 0. The molecular weight excluding hydrogens is 357 g/mol. The first-order valence-corrected chi connectivity index (χ1v) is 6.79. The minimum absolute atomic E-state index is 0.0227. The third-order valence-electron chi connectivity index (χ3n) is 2.86. The second-order valence-electron chi connectivity index (χ2n) is 4.63. The van der Waals surface area contributed by atoms with Crippen LogP contribution in [-0.2, 0) is 11.3 Å². The van der Waals surface area contributed by atoms with Crippen molar-refractivity contribution in [3.05, 3.63) is 58.9 Å². The molecule has 0 N–H and O–H groups in total. The zero-order valence-corrected chi connectivity index (χ0v) is 12.5. The fourth-order valence-electron chi connectivity index (χ4n) is 1.71. The lowest BCUT2D eigenvalue weighted by Gasteiger charge is -2.15. The molecule has 0 bridgehead atoms. The number of carbonyl (C=O) groups is 1. The fraction of sp³-hybridized carbons (Fsp3) is 0.214. The van der Waals surface area contributed by atoms with Crippen molar-refractivity contribution in [2.75, 3.05) is 0 Å². The summed E-state index contributed by atoms with van der Waals surface area (Å²) >= 11 is 5.72. The van der Waals surface area contributed by atoms with Crippen molar-refractivity contribution in [3.8, 4) is 0 Å². The Labute approximate surface area is 137 Å². The Balaban J connectivity index is 2.40. The smallest absolute Gasteiger partial charge is 0.327 e. The van der Waals surface area contributed by atoms with Gasteiger partial charge >= 0.3 is 18.0 Å². The molecular formula is C14H9ClF5N3O. The van der Waals surface area contributed by atoms with Crippen molar-refractivity contribution in [1.29, 1.82) is 0 Å². The zero-order chi connectivity index (χ0) is 18.0. The molecule has 4 nitrogen and oxygen atoms in total. The van der Waals surface area contributed by atoms with Gasteiger partial charge < -0.3 is 4.57 Å². The third kappa shape index (κ3) is 3.97. The van der Waals surface area contributed by atoms with E-state index < -0.39 is 18.0 Å². The van der Waals surface area contributed by atoms with Gasteiger partial charge in [0, 0.05) is 6.20 Å². The SMILES string of the molecule is O=C(N=c1ccccn1Cc1cccc(Cl)n1)C(F)(F)C(F)(F)F. The zero-order valence-electron chi connectivity index (χ0n) is 11.8. The summed E-state index contributed by atoms with van der Waals surface area (Å²) in [5.41, 5.74) is 0.0402. The van der Waals surface area contributed by atoms with E-state index in [9.17, 15) is 26.7 Å². The number of hydrogen-bond acceptors (Lipinski definition) is 2. The van der Waals surface area contributed by atoms with Crippen molar-refractivity contribution in [2.45, 2.75) is 18.6 Å². The monoisotopic (exact) mass is 365 g/mol. The number of rotatable bonds is 3. The molecule has 0 aliphatic heterocycles. The van der Waals surface area contributed by atoms with Gasteiger partial charge in [0.15, 0.2) is 0 Å². The molecule has 128 valence electrons. The van der Waals surface area contributed by atoms with Gasteiger partial charge in [-0.05, 0) is 24.3 Å². The standard InChI is InChI=1S/C14H9ClF5N3O/c15-10-5-3-4-9(21-10)8-23-7-2-1-6-11(23)22-12(24)13(16,17)14(18,19)20/h1-7H,8H2. The molecule has 2 aromatic heterocycles. The van der Waals surface area contributed by atoms with Crippen LogP contribution in [0.5, 0.6) is 0 Å². The summed E-state index contributed by atoms with van der Waals surface area (Å²) in [4.78, 5) is 18.1. The van der Waals surface area contributed by atoms with Gasteiger partial charge in [0.05, 0.1) is 12.2 Å². The molecule has 0 saturated heterocycles. The summed E-state index contributed by atoms with van der Waals surface area (Å²) in [5, 5.41) is 0.183. The highest BCUT2D eigenvalue weighted by Crippen LogP contribution is 2.36. The Hall–Kier alpha value is -2.29. The van der Waals surface area contributed by atoms with Crippen LogP contribution in [0.4, 0.5) is 22.0 Å². The highest BCUT2D eigenvalue weighted by Gasteiger charge is 2.63. The van der Waals surface area contributed by atoms with Gasteiger partial charge in [0.2, 0.25) is 0 Å². The molecule has 24 heavy (non-hydrogen) atoms. The van der Waals surface area contributed by atoms with Gasteiger partial charge in [-0.1, -0.05) is 23.7 Å². The van der Waals surface area contributed by atoms with Crippen LogP contribution in [0.25, 0.3) is 0 Å². The van der Waals surface area contributed by atoms with E-state index in [0.717, 1.165) is 6.07 Å². The van der Waals surface area contributed by atoms with Crippen LogP contribution >= 0.6 is 11.6 Å². The molecule has 0 spiro atoms. The van der Waals surface area contributed by atoms with E-state index in [4.69, 9.17) is 11.6 Å². The van der Waals surface area contributed by atoms with E-state index >= 15 is 0 Å². The van der Waals surface area contributed by atoms with Crippen molar-refractivity contribution >= 4 is 17.5 Å². The number of pyridine rings is 2. The molecule has 0 aromatic carbocycles. The fourth-order valence-corrected chi connectivity index (χ4v) is 1.89. The summed E-state index contributed by atoms with van der Waals surface area (Å²) in [5.74, 6) is -8.15. The van der Waals surface area contributed by atoms with E-state index in [1.54, 1.807) is 12.1 Å². The normalized spacial score (nSPS) is 13.2. The average molecular weight is 366 g/mol. The van der Waals surface area contributed by atoms with Crippen molar-refractivity contribution in [3.63, 3.8) is 0 Å². The predicted molar refractivity (Wildman–Crippen MR) is 74.4 cm³/mol. The second-order valence-corrected chi connectivity index (χ2v) is 5.01. The largest absolute Gasteiger partial charge is 0.463 e. The lowest BCUT2D eigenvalue weighted by atomic mass is 10.3. The van der Waals surface area contributed by atoms with E-state index in [1.807, 2.05) is 0 Å². The Kier molecular flexibility index (Phi) is 5.02. The first kappa shape index (κ1) is 18.1. The van der Waals surface area contributed by atoms with Crippen LogP contribution in [-0.4, -0.2) is 27.6 Å². The molecule has 1 amide bonds. The van der Waals surface area contributed by atoms with Crippen molar-refractivity contribution < 1.29 is 26.7 Å². The maximum atomic E-state index is 13.0. The Morgan fingerprint density at radius 1 is 1.12 bits per heavy atom. The molecule has 10 heteroatoms. The molecule has 0 aliphatic rings. The first-order chi connectivity index (χ1) is 11.1. The number of alkyl halides is 5. The number of nitrogens with zero attached hydrogens (tertiary/aromatic N) is 3. The number of halogens is 6. The van der Waals surface area contributed by atoms with Crippen molar-refractivity contribution in [2.24, 2.45) is 4.99 Å². The quantitative estimate of drug-likeness (QED) is 0.619. The molecule has 2 aromatic rings. The van der Waals surface area contributed by atoms with E-state index in [1.165, 1.54) is 29.0 Å². The molecule has 0 radical (unpaired) electrons. The van der Waals surface area contributed by atoms with Crippen LogP contribution in [0.15, 0.2) is 47.6 Å². The van der Waals surface area contributed by atoms with Gasteiger partial charge in [-0.2, -0.15) is 26.9 Å². The molecule has 2 heterocycles. The van der Waals surface area contributed by atoms with Gasteiger partial charge in [-0.25, -0.2) is 4.98 Å². The summed E-state index contributed by atoms with van der Waals surface area (Å²) < 4.78 is 63.9. The number of aromatic nitrogens is 2. The summed E-state index contributed by atoms with van der Waals surface area (Å²) in [6.07, 6.45) is -4.65. The lowest BCUT2D eigenvalue weighted by molar-refractivity contribution is -0.268. The Bertz CT molecular complexity index is 816. The molecule has 0 saturated carbocycles. The number of amides is 1. The van der Waals surface area contributed by atoms with Crippen LogP contribution in [0, 0.1) is 0 Å². The third-order valence-corrected chi connectivity index (χ3v) is 3.07. The molecule has 0 aliphatic carbocycles. The van der Waals surface area contributed by atoms with E-state index in [-0.39, 0.29) is 17.2 Å². The van der Waals surface area contributed by atoms with Gasteiger partial charge in [0.1, 0.15) is 10.6 Å². The first-order valence-electron chi connectivity index (χ1n) is 6.42. The minimum Gasteiger partial charge on any atom is -0.327 e. The van der Waals surface area contributed by atoms with Gasteiger partial charge in [-0.15, -0.1) is 0 Å². The van der Waals surface area contributed by atoms with Crippen LogP contribution in [0.3, 0.4) is 0 Å². The molecule has 2 rings (SSSR count). The molecule has 0 fully saturated rings. The summed E-state index contributed by atoms with van der Waals surface area (Å²) in [6, 6.07) is 8.65. The summed E-state index contributed by atoms with van der Waals surface area (Å²) in [6.45, 7) is -0.0227. The highest BCUT2D eigenvalue weighted by atomic mass is 35.5. The molecule has 0 unspecified atom stereocenters. The Morgan fingerprint density at radius 2 is 1.83 bits per heavy atom. The molecule has 0 atom stereocenters. The van der Waals surface area contributed by atoms with Gasteiger partial charge in [-0.3, -0.25) is 4.79 Å². The lowest BCUT2D eigenvalue weighted by Crippen LogP contribution is -2.44. The second kappa shape index (κ2) is 6.68. The minimum atomic E-state index is -6.01. The summed E-state index contributed by atoms with van der Waals surface area (Å²) in [7, 11) is 0. The number of carbonyl (C=O) groups excluding carboxylic acids is 1.